The maximum atomic E-state index is 12.2. The normalized spacial score (nSPS) is 10.5. The highest BCUT2D eigenvalue weighted by Gasteiger charge is 2.07. The van der Waals surface area contributed by atoms with Gasteiger partial charge in [0.15, 0.2) is 5.16 Å². The smallest absolute Gasteiger partial charge is 0.257 e. The van der Waals surface area contributed by atoms with Crippen molar-refractivity contribution in [2.75, 3.05) is 5.32 Å². The third-order valence-corrected chi connectivity index (χ3v) is 4.37. The van der Waals surface area contributed by atoms with Crippen LogP contribution < -0.4 is 5.32 Å². The predicted molar refractivity (Wildman–Crippen MR) is 99.3 cm³/mol. The van der Waals surface area contributed by atoms with E-state index in [0.717, 1.165) is 16.3 Å². The zero-order chi connectivity index (χ0) is 17.8. The molecule has 0 saturated carbocycles. The van der Waals surface area contributed by atoms with Crippen molar-refractivity contribution in [2.45, 2.75) is 23.9 Å². The van der Waals surface area contributed by atoms with E-state index in [4.69, 9.17) is 11.6 Å². The molecule has 0 atom stereocenters. The second-order valence-electron chi connectivity index (χ2n) is 5.38. The molecule has 25 heavy (non-hydrogen) atoms. The largest absolute Gasteiger partial charge is 0.322 e. The third kappa shape index (κ3) is 4.78. The summed E-state index contributed by atoms with van der Waals surface area (Å²) in [4.78, 5) is 25.9. The van der Waals surface area contributed by atoms with Gasteiger partial charge < -0.3 is 5.32 Å². The third-order valence-electron chi connectivity index (χ3n) is 3.27. The van der Waals surface area contributed by atoms with E-state index in [0.29, 0.717) is 21.6 Å². The fraction of sp³-hybridized carbons (Fsp3) is 0.111. The zero-order valence-corrected chi connectivity index (χ0v) is 15.2. The maximum absolute atomic E-state index is 12.2. The second-order valence-corrected chi connectivity index (χ2v) is 6.81. The van der Waals surface area contributed by atoms with Crippen molar-refractivity contribution < 1.29 is 4.79 Å². The van der Waals surface area contributed by atoms with Crippen molar-refractivity contribution in [3.8, 4) is 0 Å². The highest BCUT2D eigenvalue weighted by molar-refractivity contribution is 7.99. The lowest BCUT2D eigenvalue weighted by Gasteiger charge is -2.07. The van der Waals surface area contributed by atoms with Gasteiger partial charge in [-0.25, -0.2) is 15.0 Å². The zero-order valence-electron chi connectivity index (χ0n) is 13.7. The van der Waals surface area contributed by atoms with Gasteiger partial charge in [-0.05, 0) is 68.1 Å². The van der Waals surface area contributed by atoms with E-state index >= 15 is 0 Å². The number of anilines is 1. The van der Waals surface area contributed by atoms with Crippen LogP contribution >= 0.6 is 23.4 Å². The Kier molecular flexibility index (Phi) is 5.31. The van der Waals surface area contributed by atoms with Gasteiger partial charge in [0.2, 0.25) is 0 Å². The molecule has 0 aliphatic heterocycles. The molecule has 2 aromatic heterocycles. The van der Waals surface area contributed by atoms with Gasteiger partial charge in [-0.1, -0.05) is 11.6 Å². The SMILES string of the molecule is Cc1cc(C)nc(Sc2ccc(NC(=O)c3ccc(Cl)nc3)cc2)n1. The van der Waals surface area contributed by atoms with Gasteiger partial charge in [0, 0.05) is 28.2 Å². The Morgan fingerprint density at radius 3 is 2.32 bits per heavy atom. The van der Waals surface area contributed by atoms with Crippen LogP contribution in [0, 0.1) is 13.8 Å². The molecule has 5 nitrogen and oxygen atoms in total. The van der Waals surface area contributed by atoms with Crippen LogP contribution in [0.5, 0.6) is 0 Å². The lowest BCUT2D eigenvalue weighted by molar-refractivity contribution is 0.102. The van der Waals surface area contributed by atoms with Crippen molar-refractivity contribution in [1.82, 2.24) is 15.0 Å². The van der Waals surface area contributed by atoms with Gasteiger partial charge in [0.05, 0.1) is 5.56 Å². The van der Waals surface area contributed by atoms with Gasteiger partial charge in [-0.3, -0.25) is 4.79 Å². The molecule has 3 aromatic rings. The Balaban J connectivity index is 1.67. The molecule has 2 heterocycles. The summed E-state index contributed by atoms with van der Waals surface area (Å²) in [5.74, 6) is -0.234. The first-order valence-corrected chi connectivity index (χ1v) is 8.72. The van der Waals surface area contributed by atoms with E-state index in [1.54, 1.807) is 12.1 Å². The number of carbonyl (C=O) groups excluding carboxylic acids is 1. The molecule has 7 heteroatoms. The van der Waals surface area contributed by atoms with Crippen molar-refractivity contribution >= 4 is 35.0 Å². The van der Waals surface area contributed by atoms with E-state index in [-0.39, 0.29) is 5.91 Å². The molecule has 3 rings (SSSR count). The number of aromatic nitrogens is 3. The monoisotopic (exact) mass is 370 g/mol. The topological polar surface area (TPSA) is 67.8 Å². The minimum atomic E-state index is -0.234. The molecule has 126 valence electrons. The molecule has 0 bridgehead atoms. The highest BCUT2D eigenvalue weighted by Crippen LogP contribution is 2.26. The number of halogens is 1. The van der Waals surface area contributed by atoms with Crippen LogP contribution in [0.3, 0.4) is 0 Å². The van der Waals surface area contributed by atoms with Crippen molar-refractivity contribution in [2.24, 2.45) is 0 Å². The molecule has 1 amide bonds. The molecule has 0 saturated heterocycles. The molecule has 0 aliphatic rings. The van der Waals surface area contributed by atoms with Gasteiger partial charge in [0.1, 0.15) is 5.15 Å². The Labute approximate surface area is 154 Å². The first-order chi connectivity index (χ1) is 12.0. The van der Waals surface area contributed by atoms with Gasteiger partial charge in [0.25, 0.3) is 5.91 Å². The summed E-state index contributed by atoms with van der Waals surface area (Å²) < 4.78 is 0. The number of carbonyl (C=O) groups is 1. The summed E-state index contributed by atoms with van der Waals surface area (Å²) in [6, 6.07) is 12.7. The lowest BCUT2D eigenvalue weighted by atomic mass is 10.2. The molecule has 0 unspecified atom stereocenters. The first kappa shape index (κ1) is 17.4. The van der Waals surface area contributed by atoms with E-state index < -0.39 is 0 Å². The molecule has 1 aromatic carbocycles. The predicted octanol–water partition coefficient (Wildman–Crippen LogP) is 4.55. The fourth-order valence-electron chi connectivity index (χ4n) is 2.16. The van der Waals surface area contributed by atoms with Crippen molar-refractivity contribution in [3.05, 3.63) is 70.8 Å². The van der Waals surface area contributed by atoms with Crippen molar-refractivity contribution in [3.63, 3.8) is 0 Å². The van der Waals surface area contributed by atoms with Crippen LogP contribution in [0.1, 0.15) is 21.7 Å². The molecule has 0 radical (unpaired) electrons. The Morgan fingerprint density at radius 2 is 1.72 bits per heavy atom. The van der Waals surface area contributed by atoms with E-state index in [1.807, 2.05) is 44.2 Å². The lowest BCUT2D eigenvalue weighted by Crippen LogP contribution is -2.11. The molecule has 0 fully saturated rings. The van der Waals surface area contributed by atoms with Crippen molar-refractivity contribution in [1.29, 1.82) is 0 Å². The molecular weight excluding hydrogens is 356 g/mol. The summed E-state index contributed by atoms with van der Waals surface area (Å²) in [6.07, 6.45) is 1.44. The summed E-state index contributed by atoms with van der Waals surface area (Å²) >= 11 is 7.21. The molecule has 0 aliphatic carbocycles. The number of amides is 1. The highest BCUT2D eigenvalue weighted by atomic mass is 35.5. The van der Waals surface area contributed by atoms with E-state index in [1.165, 1.54) is 18.0 Å². The fourth-order valence-corrected chi connectivity index (χ4v) is 3.14. The number of pyridine rings is 1. The quantitative estimate of drug-likeness (QED) is 0.539. The Morgan fingerprint density at radius 1 is 1.04 bits per heavy atom. The first-order valence-electron chi connectivity index (χ1n) is 7.53. The number of nitrogens with zero attached hydrogens (tertiary/aromatic N) is 3. The van der Waals surface area contributed by atoms with Crippen LogP contribution in [0.25, 0.3) is 0 Å². The Bertz CT molecular complexity index is 878. The number of benzene rings is 1. The summed E-state index contributed by atoms with van der Waals surface area (Å²) in [5.41, 5.74) is 3.03. The van der Waals surface area contributed by atoms with Crippen LogP contribution in [0.4, 0.5) is 5.69 Å². The second kappa shape index (κ2) is 7.63. The minimum Gasteiger partial charge on any atom is -0.322 e. The molecule has 1 N–H and O–H groups in total. The van der Waals surface area contributed by atoms with Gasteiger partial charge in [-0.15, -0.1) is 0 Å². The number of hydrogen-bond acceptors (Lipinski definition) is 5. The van der Waals surface area contributed by atoms with E-state index in [2.05, 4.69) is 20.3 Å². The summed E-state index contributed by atoms with van der Waals surface area (Å²) in [7, 11) is 0. The van der Waals surface area contributed by atoms with Crippen LogP contribution in [-0.4, -0.2) is 20.9 Å². The van der Waals surface area contributed by atoms with Gasteiger partial charge >= 0.3 is 0 Å². The average molecular weight is 371 g/mol. The van der Waals surface area contributed by atoms with E-state index in [9.17, 15) is 4.79 Å². The maximum Gasteiger partial charge on any atom is 0.257 e. The molecular formula is C18H15ClN4OS. The van der Waals surface area contributed by atoms with Crippen LogP contribution in [0.2, 0.25) is 5.15 Å². The van der Waals surface area contributed by atoms with Gasteiger partial charge in [-0.2, -0.15) is 0 Å². The molecule has 0 spiro atoms. The van der Waals surface area contributed by atoms with Crippen LogP contribution in [-0.2, 0) is 0 Å². The van der Waals surface area contributed by atoms with Crippen LogP contribution in [0.15, 0.2) is 58.7 Å². The summed E-state index contributed by atoms with van der Waals surface area (Å²) in [6.45, 7) is 3.89. The minimum absolute atomic E-state index is 0.234. The summed E-state index contributed by atoms with van der Waals surface area (Å²) in [5, 5.41) is 3.89. The Hall–Kier alpha value is -2.44. The number of nitrogens with one attached hydrogen (secondary N) is 1. The number of aryl methyl sites for hydroxylation is 2. The number of rotatable bonds is 4. The average Bonchev–Trinajstić information content (AvgIpc) is 2.56. The number of hydrogen-bond donors (Lipinski definition) is 1. The standard InChI is InChI=1S/C18H15ClN4OS/c1-11-9-12(2)22-18(21-11)25-15-6-4-14(5-7-15)23-17(24)13-3-8-16(19)20-10-13/h3-10H,1-2H3,(H,23,24).